The number of aliphatic hydroxyl groups excluding tert-OH is 1. The standard InChI is InChI=1S/C18H23NO5/c1-22-11-5-9-18(24-12-6-10-20)14-19(15-18)17(21)23-13-16-7-3-2-4-8-16/h2-4,7-8,20H,6,10-15H2,1H3. The maximum Gasteiger partial charge on any atom is 0.410 e. The van der Waals surface area contributed by atoms with Gasteiger partial charge < -0.3 is 24.2 Å². The van der Waals surface area contributed by atoms with Gasteiger partial charge in [0.25, 0.3) is 0 Å². The normalized spacial score (nSPS) is 15.2. The minimum Gasteiger partial charge on any atom is -0.445 e. The highest BCUT2D eigenvalue weighted by molar-refractivity contribution is 5.69. The lowest BCUT2D eigenvalue weighted by Gasteiger charge is -2.45. The first-order chi connectivity index (χ1) is 11.7. The average molecular weight is 333 g/mol. The summed E-state index contributed by atoms with van der Waals surface area (Å²) in [6.45, 7) is 1.70. The molecule has 0 unspecified atom stereocenters. The molecule has 0 bridgehead atoms. The molecule has 1 fully saturated rings. The van der Waals surface area contributed by atoms with Gasteiger partial charge in [-0.25, -0.2) is 4.79 Å². The molecule has 130 valence electrons. The molecule has 24 heavy (non-hydrogen) atoms. The first kappa shape index (κ1) is 18.3. The van der Waals surface area contributed by atoms with E-state index in [-0.39, 0.29) is 19.3 Å². The Bertz CT molecular complexity index is 572. The smallest absolute Gasteiger partial charge is 0.410 e. The average Bonchev–Trinajstić information content (AvgIpc) is 2.57. The molecule has 0 radical (unpaired) electrons. The van der Waals surface area contributed by atoms with Crippen molar-refractivity contribution in [3.05, 3.63) is 35.9 Å². The molecule has 0 saturated carbocycles. The summed E-state index contributed by atoms with van der Waals surface area (Å²) in [5.74, 6) is 5.91. The van der Waals surface area contributed by atoms with Crippen LogP contribution in [0.5, 0.6) is 0 Å². The zero-order chi connectivity index (χ0) is 17.3. The van der Waals surface area contributed by atoms with Crippen LogP contribution in [0.4, 0.5) is 4.79 Å². The number of aliphatic hydroxyl groups is 1. The van der Waals surface area contributed by atoms with E-state index in [1.165, 1.54) is 0 Å². The lowest BCUT2D eigenvalue weighted by atomic mass is 9.95. The summed E-state index contributed by atoms with van der Waals surface area (Å²) in [7, 11) is 1.57. The zero-order valence-electron chi connectivity index (χ0n) is 13.9. The molecule has 1 aromatic carbocycles. The zero-order valence-corrected chi connectivity index (χ0v) is 13.9. The minimum absolute atomic E-state index is 0.0599. The summed E-state index contributed by atoms with van der Waals surface area (Å²) in [5, 5.41) is 8.87. The number of likely N-dealkylation sites (tertiary alicyclic amines) is 1. The Morgan fingerprint density at radius 1 is 1.33 bits per heavy atom. The van der Waals surface area contributed by atoms with Gasteiger partial charge in [0, 0.05) is 13.7 Å². The van der Waals surface area contributed by atoms with Crippen LogP contribution in [0.3, 0.4) is 0 Å². The van der Waals surface area contributed by atoms with Crippen molar-refractivity contribution in [3.8, 4) is 11.8 Å². The van der Waals surface area contributed by atoms with Crippen LogP contribution in [0.2, 0.25) is 0 Å². The van der Waals surface area contributed by atoms with Crippen LogP contribution in [0.25, 0.3) is 0 Å². The van der Waals surface area contributed by atoms with Gasteiger partial charge in [0.05, 0.1) is 19.7 Å². The van der Waals surface area contributed by atoms with Crippen molar-refractivity contribution >= 4 is 6.09 Å². The van der Waals surface area contributed by atoms with Gasteiger partial charge in [-0.15, -0.1) is 0 Å². The molecule has 1 N–H and O–H groups in total. The fourth-order valence-electron chi connectivity index (χ4n) is 2.32. The molecule has 1 saturated heterocycles. The van der Waals surface area contributed by atoms with Gasteiger partial charge in [-0.1, -0.05) is 42.2 Å². The van der Waals surface area contributed by atoms with Gasteiger partial charge in [0.15, 0.2) is 5.60 Å². The van der Waals surface area contributed by atoms with E-state index in [0.29, 0.717) is 32.7 Å². The Hall–Kier alpha value is -2.07. The van der Waals surface area contributed by atoms with Crippen LogP contribution in [0, 0.1) is 11.8 Å². The van der Waals surface area contributed by atoms with E-state index in [9.17, 15) is 4.79 Å². The van der Waals surface area contributed by atoms with Gasteiger partial charge in [-0.3, -0.25) is 0 Å². The van der Waals surface area contributed by atoms with Crippen molar-refractivity contribution in [1.82, 2.24) is 4.90 Å². The number of hydrogen-bond donors (Lipinski definition) is 1. The van der Waals surface area contributed by atoms with Gasteiger partial charge in [0.2, 0.25) is 0 Å². The van der Waals surface area contributed by atoms with E-state index >= 15 is 0 Å². The third-order valence-electron chi connectivity index (χ3n) is 3.57. The maximum absolute atomic E-state index is 12.1. The first-order valence-corrected chi connectivity index (χ1v) is 7.88. The van der Waals surface area contributed by atoms with Crippen LogP contribution in [0.15, 0.2) is 30.3 Å². The molecule has 0 aromatic heterocycles. The Balaban J connectivity index is 1.83. The van der Waals surface area contributed by atoms with Crippen LogP contribution >= 0.6 is 0 Å². The number of hydrogen-bond acceptors (Lipinski definition) is 5. The van der Waals surface area contributed by atoms with E-state index < -0.39 is 5.60 Å². The molecule has 1 aromatic rings. The molecule has 0 spiro atoms. The third-order valence-corrected chi connectivity index (χ3v) is 3.57. The van der Waals surface area contributed by atoms with E-state index in [1.807, 2.05) is 30.3 Å². The number of carbonyl (C=O) groups excluding carboxylic acids is 1. The van der Waals surface area contributed by atoms with Gasteiger partial charge in [0.1, 0.15) is 13.2 Å². The van der Waals surface area contributed by atoms with Gasteiger partial charge >= 0.3 is 6.09 Å². The molecule has 1 aliphatic heterocycles. The quantitative estimate of drug-likeness (QED) is 0.604. The van der Waals surface area contributed by atoms with Crippen molar-refractivity contribution in [2.75, 3.05) is 40.0 Å². The number of nitrogens with zero attached hydrogens (tertiary/aromatic N) is 1. The van der Waals surface area contributed by atoms with Crippen LogP contribution in [0.1, 0.15) is 12.0 Å². The van der Waals surface area contributed by atoms with E-state index in [1.54, 1.807) is 12.0 Å². The van der Waals surface area contributed by atoms with Crippen LogP contribution < -0.4 is 0 Å². The SMILES string of the molecule is COCC#CC1(OCCCO)CN(C(=O)OCc2ccccc2)C1. The summed E-state index contributed by atoms with van der Waals surface area (Å²) < 4.78 is 16.0. The predicted octanol–water partition coefficient (Wildman–Crippen LogP) is 1.43. The molecule has 0 atom stereocenters. The highest BCUT2D eigenvalue weighted by Crippen LogP contribution is 2.26. The lowest BCUT2D eigenvalue weighted by Crippen LogP contribution is -2.64. The van der Waals surface area contributed by atoms with Crippen molar-refractivity contribution < 1.29 is 24.1 Å². The largest absolute Gasteiger partial charge is 0.445 e. The molecular formula is C18H23NO5. The Labute approximate surface area is 142 Å². The predicted molar refractivity (Wildman–Crippen MR) is 88.2 cm³/mol. The fraction of sp³-hybridized carbons (Fsp3) is 0.500. The van der Waals surface area contributed by atoms with Crippen molar-refractivity contribution in [2.45, 2.75) is 18.6 Å². The monoisotopic (exact) mass is 333 g/mol. The summed E-state index contributed by atoms with van der Waals surface area (Å²) >= 11 is 0. The molecule has 6 heteroatoms. The third kappa shape index (κ3) is 5.24. The molecule has 1 amide bonds. The topological polar surface area (TPSA) is 68.2 Å². The highest BCUT2D eigenvalue weighted by atomic mass is 16.6. The molecule has 1 heterocycles. The molecule has 6 nitrogen and oxygen atoms in total. The number of benzene rings is 1. The lowest BCUT2D eigenvalue weighted by molar-refractivity contribution is -0.0994. The summed E-state index contributed by atoms with van der Waals surface area (Å²) in [6, 6.07) is 9.53. The second-order valence-electron chi connectivity index (χ2n) is 5.55. The number of ether oxygens (including phenoxy) is 3. The van der Waals surface area contributed by atoms with E-state index in [4.69, 9.17) is 19.3 Å². The summed E-state index contributed by atoms with van der Waals surface area (Å²) in [4.78, 5) is 13.6. The number of methoxy groups -OCH3 is 1. The first-order valence-electron chi connectivity index (χ1n) is 7.88. The maximum atomic E-state index is 12.1. The van der Waals surface area contributed by atoms with E-state index in [2.05, 4.69) is 11.8 Å². The second-order valence-corrected chi connectivity index (χ2v) is 5.55. The molecule has 1 aliphatic rings. The van der Waals surface area contributed by atoms with Crippen LogP contribution in [-0.4, -0.2) is 61.7 Å². The summed E-state index contributed by atoms with van der Waals surface area (Å²) in [5.41, 5.74) is 0.246. The van der Waals surface area contributed by atoms with E-state index in [0.717, 1.165) is 5.56 Å². The number of amides is 1. The van der Waals surface area contributed by atoms with Gasteiger partial charge in [-0.2, -0.15) is 0 Å². The molecule has 2 rings (SSSR count). The Kier molecular flexibility index (Phi) is 7.07. The Morgan fingerprint density at radius 3 is 2.75 bits per heavy atom. The molecule has 0 aliphatic carbocycles. The van der Waals surface area contributed by atoms with Crippen molar-refractivity contribution in [2.24, 2.45) is 0 Å². The fourth-order valence-corrected chi connectivity index (χ4v) is 2.32. The Morgan fingerprint density at radius 2 is 2.08 bits per heavy atom. The van der Waals surface area contributed by atoms with Crippen molar-refractivity contribution in [1.29, 1.82) is 0 Å². The summed E-state index contributed by atoms with van der Waals surface area (Å²) in [6.07, 6.45) is 0.153. The highest BCUT2D eigenvalue weighted by Gasteiger charge is 2.46. The van der Waals surface area contributed by atoms with Crippen molar-refractivity contribution in [3.63, 3.8) is 0 Å². The minimum atomic E-state index is -0.695. The van der Waals surface area contributed by atoms with Gasteiger partial charge in [-0.05, 0) is 12.0 Å². The number of rotatable bonds is 7. The number of carbonyl (C=O) groups is 1. The second kappa shape index (κ2) is 9.28. The molecular weight excluding hydrogens is 310 g/mol. The van der Waals surface area contributed by atoms with Crippen LogP contribution in [-0.2, 0) is 20.8 Å².